The molecule has 0 aliphatic heterocycles. The third-order valence-corrected chi connectivity index (χ3v) is 6.03. The Morgan fingerprint density at radius 1 is 1.22 bits per heavy atom. The summed E-state index contributed by atoms with van der Waals surface area (Å²) in [7, 11) is 1.62. The number of amides is 1. The molecule has 27 heavy (non-hydrogen) atoms. The molecule has 4 rings (SSSR count). The van der Waals surface area contributed by atoms with Crippen LogP contribution in [0.4, 0.5) is 5.13 Å². The van der Waals surface area contributed by atoms with E-state index in [0.717, 1.165) is 26.5 Å². The van der Waals surface area contributed by atoms with Crippen molar-refractivity contribution in [3.8, 4) is 16.3 Å². The fourth-order valence-electron chi connectivity index (χ4n) is 2.56. The molecule has 5 nitrogen and oxygen atoms in total. The van der Waals surface area contributed by atoms with Crippen LogP contribution in [-0.2, 0) is 11.2 Å². The molecule has 1 amide bonds. The average molecular weight is 416 g/mol. The highest BCUT2D eigenvalue weighted by Crippen LogP contribution is 2.31. The Morgan fingerprint density at radius 3 is 2.89 bits per heavy atom. The molecule has 0 spiro atoms. The van der Waals surface area contributed by atoms with E-state index in [2.05, 4.69) is 15.3 Å². The minimum atomic E-state index is -0.156. The second-order valence-corrected chi connectivity index (χ2v) is 8.00. The molecule has 0 saturated heterocycles. The first kappa shape index (κ1) is 17.9. The fourth-order valence-corrected chi connectivity index (χ4v) is 4.61. The number of aromatic nitrogens is 2. The van der Waals surface area contributed by atoms with Gasteiger partial charge < -0.3 is 10.1 Å². The van der Waals surface area contributed by atoms with Crippen molar-refractivity contribution in [3.63, 3.8) is 0 Å². The molecule has 0 saturated carbocycles. The summed E-state index contributed by atoms with van der Waals surface area (Å²) in [5, 5.41) is 6.73. The van der Waals surface area contributed by atoms with Crippen LogP contribution in [0, 0.1) is 0 Å². The first-order valence-electron chi connectivity index (χ1n) is 8.06. The Bertz CT molecular complexity index is 1120. The normalized spacial score (nSPS) is 10.9. The van der Waals surface area contributed by atoms with Crippen LogP contribution >= 0.6 is 34.3 Å². The summed E-state index contributed by atoms with van der Waals surface area (Å²) in [6.45, 7) is 0. The Kier molecular flexibility index (Phi) is 5.07. The van der Waals surface area contributed by atoms with Crippen LogP contribution in [0.3, 0.4) is 0 Å². The van der Waals surface area contributed by atoms with Crippen LogP contribution in [-0.4, -0.2) is 23.0 Å². The Hall–Kier alpha value is -2.48. The fraction of sp³-hybridized carbons (Fsp3) is 0.105. The van der Waals surface area contributed by atoms with Crippen LogP contribution in [0.25, 0.3) is 20.8 Å². The van der Waals surface area contributed by atoms with E-state index in [9.17, 15) is 4.79 Å². The van der Waals surface area contributed by atoms with E-state index in [1.807, 2.05) is 47.8 Å². The molecule has 0 bridgehead atoms. The van der Waals surface area contributed by atoms with E-state index in [4.69, 9.17) is 16.3 Å². The number of hydrogen-bond acceptors (Lipinski definition) is 6. The molecule has 0 unspecified atom stereocenters. The molecule has 0 fully saturated rings. The number of rotatable bonds is 5. The zero-order valence-electron chi connectivity index (χ0n) is 14.2. The number of carbonyl (C=O) groups is 1. The number of anilines is 1. The molecule has 0 aliphatic rings. The molecule has 4 aromatic rings. The molecular formula is C19H14ClN3O2S2. The number of carbonyl (C=O) groups excluding carboxylic acids is 1. The Balaban J connectivity index is 1.46. The van der Waals surface area contributed by atoms with E-state index in [0.29, 0.717) is 15.8 Å². The van der Waals surface area contributed by atoms with Crippen LogP contribution in [0.5, 0.6) is 5.75 Å². The van der Waals surface area contributed by atoms with Crippen molar-refractivity contribution in [2.45, 2.75) is 6.42 Å². The van der Waals surface area contributed by atoms with Gasteiger partial charge >= 0.3 is 0 Å². The second kappa shape index (κ2) is 7.64. The topological polar surface area (TPSA) is 64.1 Å². The highest BCUT2D eigenvalue weighted by atomic mass is 35.5. The largest absolute Gasteiger partial charge is 0.497 e. The molecule has 2 aromatic carbocycles. The van der Waals surface area contributed by atoms with Gasteiger partial charge in [0.05, 0.1) is 34.5 Å². The van der Waals surface area contributed by atoms with Gasteiger partial charge in [0.2, 0.25) is 5.91 Å². The molecular weight excluding hydrogens is 402 g/mol. The molecule has 1 N–H and O–H groups in total. The third-order valence-electron chi connectivity index (χ3n) is 3.84. The maximum Gasteiger partial charge on any atom is 0.232 e. The molecule has 0 radical (unpaired) electrons. The first-order valence-corrected chi connectivity index (χ1v) is 10.1. The molecule has 8 heteroatoms. The highest BCUT2D eigenvalue weighted by Gasteiger charge is 2.13. The lowest BCUT2D eigenvalue weighted by Gasteiger charge is -2.00. The maximum absolute atomic E-state index is 12.4. The van der Waals surface area contributed by atoms with Gasteiger partial charge in [-0.05, 0) is 24.3 Å². The predicted molar refractivity (Wildman–Crippen MR) is 111 cm³/mol. The monoisotopic (exact) mass is 415 g/mol. The molecule has 2 aromatic heterocycles. The van der Waals surface area contributed by atoms with Crippen molar-refractivity contribution in [3.05, 3.63) is 58.6 Å². The van der Waals surface area contributed by atoms with Gasteiger partial charge in [0.25, 0.3) is 0 Å². The van der Waals surface area contributed by atoms with Crippen molar-refractivity contribution in [1.29, 1.82) is 0 Å². The number of benzene rings is 2. The van der Waals surface area contributed by atoms with Gasteiger partial charge in [-0.3, -0.25) is 4.79 Å². The smallest absolute Gasteiger partial charge is 0.232 e. The standard InChI is InChI=1S/C19H14ClN3O2S2/c1-25-12-6-7-15-16(9-12)27-19(22-15)23-17(24)8-11-10-26-18(21-11)13-4-2-3-5-14(13)20/h2-7,9-10H,8H2,1H3,(H,22,23,24). The number of fused-ring (bicyclic) bond motifs is 1. The summed E-state index contributed by atoms with van der Waals surface area (Å²) in [5.74, 6) is 0.607. The van der Waals surface area contributed by atoms with Gasteiger partial charge in [-0.1, -0.05) is 41.1 Å². The van der Waals surface area contributed by atoms with Gasteiger partial charge in [-0.25, -0.2) is 9.97 Å². The molecule has 0 atom stereocenters. The number of thiazole rings is 2. The summed E-state index contributed by atoms with van der Waals surface area (Å²) in [4.78, 5) is 21.3. The van der Waals surface area contributed by atoms with Gasteiger partial charge in [0, 0.05) is 10.9 Å². The lowest BCUT2D eigenvalue weighted by atomic mass is 10.2. The van der Waals surface area contributed by atoms with Gasteiger partial charge in [-0.15, -0.1) is 11.3 Å². The number of methoxy groups -OCH3 is 1. The Morgan fingerprint density at radius 2 is 2.07 bits per heavy atom. The minimum Gasteiger partial charge on any atom is -0.497 e. The summed E-state index contributed by atoms with van der Waals surface area (Å²) in [5.41, 5.74) is 2.40. The maximum atomic E-state index is 12.4. The predicted octanol–water partition coefficient (Wildman–Crippen LogP) is 5.26. The first-order chi connectivity index (χ1) is 13.1. The SMILES string of the molecule is COc1ccc2nc(NC(=O)Cc3csc(-c4ccccc4Cl)n3)sc2c1. The van der Waals surface area contributed by atoms with Crippen LogP contribution in [0.15, 0.2) is 47.8 Å². The lowest BCUT2D eigenvalue weighted by molar-refractivity contribution is -0.115. The molecule has 0 aliphatic carbocycles. The zero-order chi connectivity index (χ0) is 18.8. The van der Waals surface area contributed by atoms with Crippen molar-refractivity contribution in [2.75, 3.05) is 12.4 Å². The molecule has 2 heterocycles. The lowest BCUT2D eigenvalue weighted by Crippen LogP contribution is -2.14. The number of nitrogens with zero attached hydrogens (tertiary/aromatic N) is 2. The van der Waals surface area contributed by atoms with E-state index in [1.165, 1.54) is 22.7 Å². The van der Waals surface area contributed by atoms with Crippen molar-refractivity contribution in [1.82, 2.24) is 9.97 Å². The van der Waals surface area contributed by atoms with Crippen LogP contribution in [0.1, 0.15) is 5.69 Å². The van der Waals surface area contributed by atoms with E-state index in [-0.39, 0.29) is 12.3 Å². The van der Waals surface area contributed by atoms with E-state index < -0.39 is 0 Å². The van der Waals surface area contributed by atoms with Crippen molar-refractivity contribution >= 4 is 55.5 Å². The van der Waals surface area contributed by atoms with Crippen LogP contribution < -0.4 is 10.1 Å². The molecule has 136 valence electrons. The second-order valence-electron chi connectivity index (χ2n) is 5.70. The summed E-state index contributed by atoms with van der Waals surface area (Å²) in [6.07, 6.45) is 0.181. The third kappa shape index (κ3) is 3.95. The average Bonchev–Trinajstić information content (AvgIpc) is 3.27. The van der Waals surface area contributed by atoms with E-state index in [1.54, 1.807) is 7.11 Å². The van der Waals surface area contributed by atoms with Gasteiger partial charge in [-0.2, -0.15) is 0 Å². The number of nitrogens with one attached hydrogen (secondary N) is 1. The number of ether oxygens (including phenoxy) is 1. The highest BCUT2D eigenvalue weighted by molar-refractivity contribution is 7.22. The van der Waals surface area contributed by atoms with Crippen LogP contribution in [0.2, 0.25) is 5.02 Å². The number of halogens is 1. The minimum absolute atomic E-state index is 0.156. The summed E-state index contributed by atoms with van der Waals surface area (Å²) in [6, 6.07) is 13.2. The van der Waals surface area contributed by atoms with Crippen molar-refractivity contribution < 1.29 is 9.53 Å². The van der Waals surface area contributed by atoms with Gasteiger partial charge in [0.1, 0.15) is 10.8 Å². The van der Waals surface area contributed by atoms with Crippen molar-refractivity contribution in [2.24, 2.45) is 0 Å². The Labute approximate surface area is 168 Å². The van der Waals surface area contributed by atoms with E-state index >= 15 is 0 Å². The summed E-state index contributed by atoms with van der Waals surface area (Å²) < 4.78 is 6.17. The quantitative estimate of drug-likeness (QED) is 0.482. The summed E-state index contributed by atoms with van der Waals surface area (Å²) >= 11 is 9.09. The number of hydrogen-bond donors (Lipinski definition) is 1. The zero-order valence-corrected chi connectivity index (χ0v) is 16.6. The van der Waals surface area contributed by atoms with Gasteiger partial charge in [0.15, 0.2) is 5.13 Å².